The minimum Gasteiger partial charge on any atom is -0.388 e. The van der Waals surface area contributed by atoms with Crippen molar-refractivity contribution in [1.29, 1.82) is 0 Å². The summed E-state index contributed by atoms with van der Waals surface area (Å²) in [6.45, 7) is 4.21. The van der Waals surface area contributed by atoms with Crippen LogP contribution < -0.4 is 0 Å². The molecule has 2 rings (SSSR count). The number of hydrogen-bond donors (Lipinski definition) is 1. The average Bonchev–Trinajstić information content (AvgIpc) is 2.71. The second kappa shape index (κ2) is 6.17. The molecule has 1 nitrogen and oxygen atoms in total. The number of hydrogen-bond acceptors (Lipinski definition) is 2. The van der Waals surface area contributed by atoms with E-state index in [1.807, 2.05) is 6.07 Å². The summed E-state index contributed by atoms with van der Waals surface area (Å²) >= 11 is 1.72. The van der Waals surface area contributed by atoms with E-state index in [1.54, 1.807) is 11.3 Å². The summed E-state index contributed by atoms with van der Waals surface area (Å²) < 4.78 is 0. The van der Waals surface area contributed by atoms with Crippen molar-refractivity contribution in [3.63, 3.8) is 0 Å². The van der Waals surface area contributed by atoms with Gasteiger partial charge < -0.3 is 5.11 Å². The number of benzene rings is 1. The van der Waals surface area contributed by atoms with Crippen molar-refractivity contribution >= 4 is 11.3 Å². The molecule has 1 N–H and O–H groups in total. The molecule has 2 aromatic rings. The second-order valence-corrected chi connectivity index (χ2v) is 6.07. The molecule has 0 radical (unpaired) electrons. The van der Waals surface area contributed by atoms with Crippen LogP contribution in [0.2, 0.25) is 0 Å². The van der Waals surface area contributed by atoms with Crippen molar-refractivity contribution in [2.45, 2.75) is 39.2 Å². The van der Waals surface area contributed by atoms with Gasteiger partial charge in [-0.1, -0.05) is 30.3 Å². The Morgan fingerprint density at radius 1 is 1.17 bits per heavy atom. The highest BCUT2D eigenvalue weighted by atomic mass is 32.1. The molecule has 96 valence electrons. The van der Waals surface area contributed by atoms with E-state index in [2.05, 4.69) is 44.2 Å². The quantitative estimate of drug-likeness (QED) is 0.843. The average molecular weight is 260 g/mol. The summed E-state index contributed by atoms with van der Waals surface area (Å²) in [4.78, 5) is 2.42. The predicted molar refractivity (Wildman–Crippen MR) is 78.1 cm³/mol. The Balaban J connectivity index is 1.83. The molecule has 0 spiro atoms. The fraction of sp³-hybridized carbons (Fsp3) is 0.375. The molecule has 0 bridgehead atoms. The van der Waals surface area contributed by atoms with Crippen LogP contribution in [0.5, 0.6) is 0 Å². The van der Waals surface area contributed by atoms with E-state index in [9.17, 15) is 5.11 Å². The van der Waals surface area contributed by atoms with Crippen LogP contribution in [0.1, 0.15) is 39.8 Å². The summed E-state index contributed by atoms with van der Waals surface area (Å²) in [7, 11) is 0. The Morgan fingerprint density at radius 3 is 2.50 bits per heavy atom. The molecule has 0 aliphatic rings. The minimum atomic E-state index is -0.300. The Bertz CT molecular complexity index is 468. The first-order valence-electron chi connectivity index (χ1n) is 6.45. The molecule has 0 aliphatic carbocycles. The van der Waals surface area contributed by atoms with Crippen LogP contribution >= 0.6 is 11.3 Å². The molecule has 18 heavy (non-hydrogen) atoms. The number of rotatable bonds is 5. The summed E-state index contributed by atoms with van der Waals surface area (Å²) in [5.41, 5.74) is 2.64. The molecular formula is C16H20OS. The fourth-order valence-electron chi connectivity index (χ4n) is 2.05. The Labute approximate surface area is 113 Å². The summed E-state index contributed by atoms with van der Waals surface area (Å²) in [6.07, 6.45) is 2.61. The summed E-state index contributed by atoms with van der Waals surface area (Å²) in [6, 6.07) is 12.6. The standard InChI is InChI=1S/C16H20OS/c1-12-11-16(18-13(12)2)15(17)10-6-9-14-7-4-3-5-8-14/h3-5,7-8,11,15,17H,6,9-10H2,1-2H3. The molecule has 2 heteroatoms. The monoisotopic (exact) mass is 260 g/mol. The molecule has 1 heterocycles. The van der Waals surface area contributed by atoms with E-state index in [0.717, 1.165) is 24.1 Å². The first-order valence-corrected chi connectivity index (χ1v) is 7.27. The fourth-order valence-corrected chi connectivity index (χ4v) is 3.12. The number of aliphatic hydroxyl groups excluding tert-OH is 1. The van der Waals surface area contributed by atoms with Crippen molar-refractivity contribution in [2.24, 2.45) is 0 Å². The zero-order chi connectivity index (χ0) is 13.0. The zero-order valence-electron chi connectivity index (χ0n) is 11.0. The predicted octanol–water partition coefficient (Wildman–Crippen LogP) is 4.42. The maximum Gasteiger partial charge on any atom is 0.0882 e. The minimum absolute atomic E-state index is 0.300. The summed E-state index contributed by atoms with van der Waals surface area (Å²) in [5, 5.41) is 10.1. The van der Waals surface area contributed by atoms with E-state index in [0.29, 0.717) is 0 Å². The van der Waals surface area contributed by atoms with Gasteiger partial charge in [0.25, 0.3) is 0 Å². The van der Waals surface area contributed by atoms with Crippen molar-refractivity contribution in [3.8, 4) is 0 Å². The third kappa shape index (κ3) is 3.44. The molecular weight excluding hydrogens is 240 g/mol. The van der Waals surface area contributed by atoms with Crippen molar-refractivity contribution < 1.29 is 5.11 Å². The zero-order valence-corrected chi connectivity index (χ0v) is 11.8. The number of thiophene rings is 1. The first-order chi connectivity index (χ1) is 8.66. The lowest BCUT2D eigenvalue weighted by Crippen LogP contribution is -1.96. The molecule has 1 aromatic heterocycles. The highest BCUT2D eigenvalue weighted by molar-refractivity contribution is 7.12. The van der Waals surface area contributed by atoms with Gasteiger partial charge in [-0.05, 0) is 50.3 Å². The Kier molecular flexibility index (Phi) is 4.56. The van der Waals surface area contributed by atoms with Gasteiger partial charge in [-0.25, -0.2) is 0 Å². The van der Waals surface area contributed by atoms with Gasteiger partial charge >= 0.3 is 0 Å². The van der Waals surface area contributed by atoms with Gasteiger partial charge in [-0.15, -0.1) is 11.3 Å². The lowest BCUT2D eigenvalue weighted by atomic mass is 10.1. The van der Waals surface area contributed by atoms with Crippen molar-refractivity contribution in [2.75, 3.05) is 0 Å². The van der Waals surface area contributed by atoms with E-state index in [4.69, 9.17) is 0 Å². The lowest BCUT2D eigenvalue weighted by Gasteiger charge is -2.08. The Morgan fingerprint density at radius 2 is 1.89 bits per heavy atom. The maximum atomic E-state index is 10.1. The van der Waals surface area contributed by atoms with Crippen LogP contribution in [0, 0.1) is 13.8 Å². The molecule has 1 aromatic carbocycles. The highest BCUT2D eigenvalue weighted by Gasteiger charge is 2.11. The van der Waals surface area contributed by atoms with Crippen LogP contribution in [0.15, 0.2) is 36.4 Å². The third-order valence-electron chi connectivity index (χ3n) is 3.30. The van der Waals surface area contributed by atoms with Crippen LogP contribution in [-0.2, 0) is 6.42 Å². The van der Waals surface area contributed by atoms with Crippen LogP contribution in [0.4, 0.5) is 0 Å². The normalized spacial score (nSPS) is 12.6. The first kappa shape index (κ1) is 13.3. The van der Waals surface area contributed by atoms with E-state index in [1.165, 1.54) is 16.0 Å². The molecule has 0 aliphatic heterocycles. The van der Waals surface area contributed by atoms with Gasteiger partial charge in [0, 0.05) is 9.75 Å². The van der Waals surface area contributed by atoms with Crippen molar-refractivity contribution in [3.05, 3.63) is 57.3 Å². The largest absolute Gasteiger partial charge is 0.388 e. The van der Waals surface area contributed by atoms with Crippen LogP contribution in [0.3, 0.4) is 0 Å². The van der Waals surface area contributed by atoms with Gasteiger partial charge in [0.1, 0.15) is 0 Å². The molecule has 0 amide bonds. The van der Waals surface area contributed by atoms with Crippen molar-refractivity contribution in [1.82, 2.24) is 0 Å². The highest BCUT2D eigenvalue weighted by Crippen LogP contribution is 2.29. The topological polar surface area (TPSA) is 20.2 Å². The van der Waals surface area contributed by atoms with Crippen LogP contribution in [-0.4, -0.2) is 5.11 Å². The lowest BCUT2D eigenvalue weighted by molar-refractivity contribution is 0.168. The van der Waals surface area contributed by atoms with Gasteiger partial charge in [-0.3, -0.25) is 0 Å². The van der Waals surface area contributed by atoms with Gasteiger partial charge in [0.05, 0.1) is 6.10 Å². The molecule has 0 saturated heterocycles. The number of aryl methyl sites for hydroxylation is 3. The third-order valence-corrected chi connectivity index (χ3v) is 4.55. The molecule has 1 unspecified atom stereocenters. The SMILES string of the molecule is Cc1cc(C(O)CCCc2ccccc2)sc1C. The molecule has 0 saturated carbocycles. The van der Waals surface area contributed by atoms with E-state index < -0.39 is 0 Å². The summed E-state index contributed by atoms with van der Waals surface area (Å²) in [5.74, 6) is 0. The van der Waals surface area contributed by atoms with Gasteiger partial charge in [-0.2, -0.15) is 0 Å². The Hall–Kier alpha value is -1.12. The maximum absolute atomic E-state index is 10.1. The number of aliphatic hydroxyl groups is 1. The molecule has 1 atom stereocenters. The molecule has 0 fully saturated rings. The van der Waals surface area contributed by atoms with Crippen LogP contribution in [0.25, 0.3) is 0 Å². The van der Waals surface area contributed by atoms with E-state index >= 15 is 0 Å². The van der Waals surface area contributed by atoms with Gasteiger partial charge in [0.2, 0.25) is 0 Å². The second-order valence-electron chi connectivity index (χ2n) is 4.78. The van der Waals surface area contributed by atoms with E-state index in [-0.39, 0.29) is 6.10 Å². The van der Waals surface area contributed by atoms with Gasteiger partial charge in [0.15, 0.2) is 0 Å². The smallest absolute Gasteiger partial charge is 0.0882 e.